The summed E-state index contributed by atoms with van der Waals surface area (Å²) in [4.78, 5) is 1.11. The van der Waals surface area contributed by atoms with Crippen LogP contribution in [0.5, 0.6) is 0 Å². The topological polar surface area (TPSA) is 46.2 Å². The first-order valence-electron chi connectivity index (χ1n) is 3.52. The van der Waals surface area contributed by atoms with E-state index in [9.17, 15) is 0 Å². The molecule has 2 nitrogen and oxygen atoms in total. The molecule has 66 valence electrons. The van der Waals surface area contributed by atoms with Crippen molar-refractivity contribution < 1.29 is 5.11 Å². The van der Waals surface area contributed by atoms with Gasteiger partial charge in [0, 0.05) is 20.8 Å². The third-order valence-electron chi connectivity index (χ3n) is 1.30. The van der Waals surface area contributed by atoms with E-state index in [1.807, 2.05) is 18.2 Å². The first-order valence-corrected chi connectivity index (χ1v) is 5.30. The zero-order valence-electron chi connectivity index (χ0n) is 6.46. The maximum absolute atomic E-state index is 8.61. The average Bonchev–Trinajstić information content (AvgIpc) is 2.03. The summed E-state index contributed by atoms with van der Waals surface area (Å²) < 4.78 is 0.987. The van der Waals surface area contributed by atoms with Gasteiger partial charge in [-0.05, 0) is 34.1 Å². The number of nitrogens with two attached hydrogens (primary N) is 1. The van der Waals surface area contributed by atoms with E-state index < -0.39 is 0 Å². The van der Waals surface area contributed by atoms with E-state index in [-0.39, 0.29) is 6.61 Å². The van der Waals surface area contributed by atoms with E-state index >= 15 is 0 Å². The van der Waals surface area contributed by atoms with Crippen molar-refractivity contribution in [2.45, 2.75) is 4.90 Å². The normalized spacial score (nSPS) is 10.2. The van der Waals surface area contributed by atoms with E-state index in [0.29, 0.717) is 5.75 Å². The summed E-state index contributed by atoms with van der Waals surface area (Å²) in [5, 5.41) is 8.61. The fourth-order valence-corrected chi connectivity index (χ4v) is 2.20. The Morgan fingerprint density at radius 2 is 2.25 bits per heavy atom. The molecule has 0 atom stereocenters. The molecule has 12 heavy (non-hydrogen) atoms. The molecule has 3 N–H and O–H groups in total. The van der Waals surface area contributed by atoms with Crippen molar-refractivity contribution in [2.24, 2.45) is 0 Å². The van der Waals surface area contributed by atoms with Crippen molar-refractivity contribution in [2.75, 3.05) is 18.1 Å². The minimum atomic E-state index is 0.196. The molecule has 0 unspecified atom stereocenters. The fraction of sp³-hybridized carbons (Fsp3) is 0.250. The average molecular weight is 248 g/mol. The van der Waals surface area contributed by atoms with E-state index in [1.54, 1.807) is 11.8 Å². The van der Waals surface area contributed by atoms with Crippen molar-refractivity contribution in [3.05, 3.63) is 22.7 Å². The fourth-order valence-electron chi connectivity index (χ4n) is 0.790. The van der Waals surface area contributed by atoms with Gasteiger partial charge in [-0.2, -0.15) is 0 Å². The summed E-state index contributed by atoms with van der Waals surface area (Å²) in [6, 6.07) is 5.66. The van der Waals surface area contributed by atoms with Crippen LogP contribution in [-0.4, -0.2) is 17.5 Å². The third kappa shape index (κ3) is 2.69. The predicted molar refractivity (Wildman–Crippen MR) is 56.4 cm³/mol. The van der Waals surface area contributed by atoms with E-state index in [2.05, 4.69) is 15.9 Å². The highest BCUT2D eigenvalue weighted by atomic mass is 79.9. The molecule has 0 fully saturated rings. The lowest BCUT2D eigenvalue weighted by atomic mass is 10.3. The zero-order valence-corrected chi connectivity index (χ0v) is 8.86. The maximum Gasteiger partial charge on any atom is 0.0525 e. The van der Waals surface area contributed by atoms with Gasteiger partial charge >= 0.3 is 0 Å². The third-order valence-corrected chi connectivity index (χ3v) is 3.28. The van der Waals surface area contributed by atoms with E-state index in [1.165, 1.54) is 0 Å². The van der Waals surface area contributed by atoms with Gasteiger partial charge in [0.15, 0.2) is 0 Å². The van der Waals surface area contributed by atoms with Gasteiger partial charge in [0.25, 0.3) is 0 Å². The number of rotatable bonds is 3. The Kier molecular flexibility index (Phi) is 3.91. The molecule has 0 amide bonds. The molecule has 0 aliphatic rings. The van der Waals surface area contributed by atoms with Crippen molar-refractivity contribution >= 4 is 33.4 Å². The second-order valence-corrected chi connectivity index (χ2v) is 4.25. The number of aliphatic hydroxyl groups excluding tert-OH is 1. The summed E-state index contributed by atoms with van der Waals surface area (Å²) in [5.41, 5.74) is 6.31. The van der Waals surface area contributed by atoms with Gasteiger partial charge in [-0.15, -0.1) is 11.8 Å². The van der Waals surface area contributed by atoms with Crippen molar-refractivity contribution in [3.8, 4) is 0 Å². The molecular weight excluding hydrogens is 238 g/mol. The van der Waals surface area contributed by atoms with Crippen molar-refractivity contribution in [1.82, 2.24) is 0 Å². The van der Waals surface area contributed by atoms with Crippen LogP contribution in [0.25, 0.3) is 0 Å². The molecule has 0 saturated heterocycles. The Morgan fingerprint density at radius 3 is 2.83 bits per heavy atom. The lowest BCUT2D eigenvalue weighted by Crippen LogP contribution is -1.88. The largest absolute Gasteiger partial charge is 0.399 e. The number of hydrogen-bond acceptors (Lipinski definition) is 3. The molecule has 1 aromatic carbocycles. The standard InChI is InChI=1S/C8H10BrNOS/c9-7-5-6(10)1-2-8(7)12-4-3-11/h1-2,5,11H,3-4,10H2. The molecule has 0 bridgehead atoms. The van der Waals surface area contributed by atoms with Crippen molar-refractivity contribution in [3.63, 3.8) is 0 Å². The highest BCUT2D eigenvalue weighted by Gasteiger charge is 1.99. The first kappa shape index (κ1) is 9.89. The van der Waals surface area contributed by atoms with Crippen LogP contribution in [0.2, 0.25) is 0 Å². The van der Waals surface area contributed by atoms with Crippen LogP contribution in [-0.2, 0) is 0 Å². The Balaban J connectivity index is 2.72. The number of halogens is 1. The van der Waals surface area contributed by atoms with Gasteiger partial charge in [0.2, 0.25) is 0 Å². The zero-order chi connectivity index (χ0) is 8.97. The predicted octanol–water partition coefficient (Wildman–Crippen LogP) is 2.12. The van der Waals surface area contributed by atoms with Crippen LogP contribution in [0, 0.1) is 0 Å². The quantitative estimate of drug-likeness (QED) is 0.636. The molecule has 0 heterocycles. The number of thioether (sulfide) groups is 1. The number of aliphatic hydroxyl groups is 1. The summed E-state index contributed by atoms with van der Waals surface area (Å²) in [6.45, 7) is 0.196. The Morgan fingerprint density at radius 1 is 1.50 bits per heavy atom. The Hall–Kier alpha value is -0.190. The molecule has 0 spiro atoms. The van der Waals surface area contributed by atoms with Gasteiger partial charge in [0.05, 0.1) is 6.61 Å². The van der Waals surface area contributed by atoms with E-state index in [4.69, 9.17) is 10.8 Å². The molecular formula is C8H10BrNOS. The van der Waals surface area contributed by atoms with Gasteiger partial charge in [0.1, 0.15) is 0 Å². The number of benzene rings is 1. The number of nitrogen functional groups attached to an aromatic ring is 1. The lowest BCUT2D eigenvalue weighted by molar-refractivity contribution is 0.322. The van der Waals surface area contributed by atoms with Crippen LogP contribution in [0.4, 0.5) is 5.69 Å². The minimum Gasteiger partial charge on any atom is -0.399 e. The van der Waals surface area contributed by atoms with Gasteiger partial charge < -0.3 is 10.8 Å². The molecule has 4 heteroatoms. The molecule has 1 rings (SSSR count). The van der Waals surface area contributed by atoms with Gasteiger partial charge in [-0.25, -0.2) is 0 Å². The van der Waals surface area contributed by atoms with Crippen LogP contribution >= 0.6 is 27.7 Å². The van der Waals surface area contributed by atoms with Gasteiger partial charge in [-0.3, -0.25) is 0 Å². The highest BCUT2D eigenvalue weighted by molar-refractivity contribution is 9.10. The number of anilines is 1. The Labute approximate surface area is 84.3 Å². The Bertz CT molecular complexity index is 267. The van der Waals surface area contributed by atoms with Crippen LogP contribution in [0.1, 0.15) is 0 Å². The minimum absolute atomic E-state index is 0.196. The summed E-state index contributed by atoms with van der Waals surface area (Å²) in [5.74, 6) is 0.711. The maximum atomic E-state index is 8.61. The van der Waals surface area contributed by atoms with Crippen LogP contribution < -0.4 is 5.73 Å². The molecule has 0 aliphatic heterocycles. The van der Waals surface area contributed by atoms with Gasteiger partial charge in [-0.1, -0.05) is 0 Å². The lowest BCUT2D eigenvalue weighted by Gasteiger charge is -2.03. The van der Waals surface area contributed by atoms with E-state index in [0.717, 1.165) is 15.1 Å². The first-order chi connectivity index (χ1) is 5.74. The summed E-state index contributed by atoms with van der Waals surface area (Å²) in [6.07, 6.45) is 0. The molecule has 1 aromatic rings. The van der Waals surface area contributed by atoms with Crippen LogP contribution in [0.3, 0.4) is 0 Å². The summed E-state index contributed by atoms with van der Waals surface area (Å²) >= 11 is 5.00. The molecule has 0 saturated carbocycles. The number of hydrogen-bond donors (Lipinski definition) is 2. The SMILES string of the molecule is Nc1ccc(SCCO)c(Br)c1. The molecule has 0 radical (unpaired) electrons. The monoisotopic (exact) mass is 247 g/mol. The second kappa shape index (κ2) is 4.74. The van der Waals surface area contributed by atoms with Crippen molar-refractivity contribution in [1.29, 1.82) is 0 Å². The molecule has 0 aliphatic carbocycles. The summed E-state index contributed by atoms with van der Waals surface area (Å²) in [7, 11) is 0. The second-order valence-electron chi connectivity index (χ2n) is 2.26. The van der Waals surface area contributed by atoms with Crippen LogP contribution in [0.15, 0.2) is 27.6 Å². The highest BCUT2D eigenvalue weighted by Crippen LogP contribution is 2.28. The smallest absolute Gasteiger partial charge is 0.0525 e. The molecule has 0 aromatic heterocycles.